The summed E-state index contributed by atoms with van der Waals surface area (Å²) >= 11 is 0. The van der Waals surface area contributed by atoms with E-state index in [1.54, 1.807) is 7.11 Å². The van der Waals surface area contributed by atoms with Gasteiger partial charge >= 0.3 is 0 Å². The van der Waals surface area contributed by atoms with E-state index in [0.29, 0.717) is 6.10 Å². The van der Waals surface area contributed by atoms with Crippen molar-refractivity contribution in [1.29, 1.82) is 0 Å². The molecule has 1 radical (unpaired) electrons. The number of hydrogen-bond acceptors (Lipinski definition) is 1. The molecule has 1 nitrogen and oxygen atoms in total. The third-order valence-corrected chi connectivity index (χ3v) is 0.977. The topological polar surface area (TPSA) is 9.23 Å². The molecule has 0 N–H and O–H groups in total. The molecule has 0 aliphatic rings. The third-order valence-electron chi connectivity index (χ3n) is 0.977. The van der Waals surface area contributed by atoms with Crippen LogP contribution in [0.15, 0.2) is 0 Å². The van der Waals surface area contributed by atoms with Crippen molar-refractivity contribution < 1.29 is 37.4 Å². The number of methoxy groups -OCH3 is 1. The predicted octanol–water partition coefficient (Wildman–Crippen LogP) is 2.43. The maximum atomic E-state index is 4.90. The van der Waals surface area contributed by atoms with E-state index < -0.39 is 0 Å². The Morgan fingerprint density at radius 2 is 1.64 bits per heavy atom. The second-order valence-corrected chi connectivity index (χ2v) is 1.45. The van der Waals surface area contributed by atoms with Gasteiger partial charge in [0.15, 0.2) is 0 Å². The van der Waals surface area contributed by atoms with Crippen molar-refractivity contribution in [3.05, 3.63) is 7.43 Å². The molecular formula is C7H23OP2Y-. The Balaban J connectivity index is -0.0000000222. The summed E-state index contributed by atoms with van der Waals surface area (Å²) in [6, 6.07) is 0. The van der Waals surface area contributed by atoms with Gasteiger partial charge < -0.3 is 12.2 Å². The van der Waals surface area contributed by atoms with Gasteiger partial charge in [-0.1, -0.05) is 13.6 Å². The Morgan fingerprint density at radius 3 is 1.64 bits per heavy atom. The summed E-state index contributed by atoms with van der Waals surface area (Å²) in [6.45, 7) is 6.08. The van der Waals surface area contributed by atoms with Crippen LogP contribution in [0.2, 0.25) is 0 Å². The molecule has 0 spiro atoms. The smallest absolute Gasteiger partial charge is 0.0540 e. The second-order valence-electron chi connectivity index (χ2n) is 1.45. The van der Waals surface area contributed by atoms with Gasteiger partial charge in [0.25, 0.3) is 0 Å². The fourth-order valence-electron chi connectivity index (χ4n) is 0.167. The average molecular weight is 274 g/mol. The van der Waals surface area contributed by atoms with E-state index in [9.17, 15) is 0 Å². The molecule has 0 bridgehead atoms. The number of ether oxygens (including phenoxy) is 1. The zero-order valence-corrected chi connectivity index (χ0v) is 14.0. The van der Waals surface area contributed by atoms with Crippen LogP contribution in [0.3, 0.4) is 0 Å². The van der Waals surface area contributed by atoms with E-state index >= 15 is 0 Å². The van der Waals surface area contributed by atoms with Crippen molar-refractivity contribution in [1.82, 2.24) is 0 Å². The zero-order valence-electron chi connectivity index (χ0n) is 8.55. The monoisotopic (exact) mass is 274 g/mol. The fourth-order valence-corrected chi connectivity index (χ4v) is 0.167. The van der Waals surface area contributed by atoms with Gasteiger partial charge in [0, 0.05) is 39.8 Å². The van der Waals surface area contributed by atoms with Crippen molar-refractivity contribution >= 4 is 19.1 Å². The van der Waals surface area contributed by atoms with Crippen LogP contribution in [0.5, 0.6) is 0 Å². The molecule has 0 aromatic heterocycles. The molecule has 71 valence electrons. The minimum atomic E-state index is 0. The Morgan fingerprint density at radius 1 is 1.36 bits per heavy atom. The first-order valence-corrected chi connectivity index (χ1v) is 4.07. The Hall–Kier alpha value is 1.92. The van der Waals surface area contributed by atoms with Gasteiger partial charge in [0.1, 0.15) is 0 Å². The largest absolute Gasteiger partial charge is 0.382 e. The molecule has 0 amide bonds. The number of rotatable bonds is 2. The Kier molecular flexibility index (Phi) is 79.0. The second kappa shape index (κ2) is 29.7. The first-order valence-electron chi connectivity index (χ1n) is 2.91. The minimum Gasteiger partial charge on any atom is -0.382 e. The van der Waals surface area contributed by atoms with Crippen molar-refractivity contribution in [3.63, 3.8) is 0 Å². The molecule has 3 atom stereocenters. The quantitative estimate of drug-likeness (QED) is 0.555. The van der Waals surface area contributed by atoms with E-state index in [4.69, 9.17) is 4.74 Å². The fraction of sp³-hybridized carbons (Fsp3) is 0.857. The summed E-state index contributed by atoms with van der Waals surface area (Å²) in [6.07, 6.45) is 1.54. The minimum absolute atomic E-state index is 0. The molecule has 0 aromatic carbocycles. The summed E-state index contributed by atoms with van der Waals surface area (Å²) in [5.41, 5.74) is 0. The van der Waals surface area contributed by atoms with Crippen LogP contribution in [0.1, 0.15) is 20.3 Å². The molecule has 0 heterocycles. The van der Waals surface area contributed by atoms with Crippen LogP contribution >= 0.6 is 19.1 Å². The Bertz CT molecular complexity index is 35.6. The normalized spacial score (nSPS) is 8.45. The van der Waals surface area contributed by atoms with Crippen LogP contribution in [0, 0.1) is 7.43 Å². The SMILES string of the molecule is CCC(C)OC.CP.P.[CH3-].[Y]. The van der Waals surface area contributed by atoms with E-state index in [1.807, 2.05) is 6.66 Å². The number of hydrogen-bond donors (Lipinski definition) is 0. The molecule has 0 aliphatic carbocycles. The van der Waals surface area contributed by atoms with Crippen molar-refractivity contribution in [2.75, 3.05) is 13.8 Å². The first kappa shape index (κ1) is 29.3. The zero-order chi connectivity index (χ0) is 6.99. The molecule has 0 saturated heterocycles. The van der Waals surface area contributed by atoms with Gasteiger partial charge in [-0.25, -0.2) is 0 Å². The standard InChI is InChI=1S/C5H12O.CH5P.CH3.H3P.Y/c1-4-5(2)6-3;1-2;;;/h5H,4H2,1-3H3;2H2,1H3;2*1H3;/q;;-1;;. The van der Waals surface area contributed by atoms with Crippen LogP contribution in [-0.4, -0.2) is 19.9 Å². The Labute approximate surface area is 104 Å². The molecule has 0 aromatic rings. The van der Waals surface area contributed by atoms with E-state index in [1.165, 1.54) is 0 Å². The molecule has 0 rings (SSSR count). The first-order chi connectivity index (χ1) is 3.81. The van der Waals surface area contributed by atoms with Crippen LogP contribution in [0.25, 0.3) is 0 Å². The predicted molar refractivity (Wildman–Crippen MR) is 59.9 cm³/mol. The summed E-state index contributed by atoms with van der Waals surface area (Å²) < 4.78 is 4.90. The summed E-state index contributed by atoms with van der Waals surface area (Å²) in [5, 5.41) is 0. The average Bonchev–Trinajstić information content (AvgIpc) is 1.91. The third kappa shape index (κ3) is 33.5. The van der Waals surface area contributed by atoms with Crippen LogP contribution < -0.4 is 0 Å². The van der Waals surface area contributed by atoms with Crippen molar-refractivity contribution in [3.8, 4) is 0 Å². The molecule has 11 heavy (non-hydrogen) atoms. The van der Waals surface area contributed by atoms with E-state index in [-0.39, 0.29) is 50.0 Å². The van der Waals surface area contributed by atoms with Crippen molar-refractivity contribution in [2.24, 2.45) is 0 Å². The van der Waals surface area contributed by atoms with Gasteiger partial charge in [0.2, 0.25) is 0 Å². The summed E-state index contributed by atoms with van der Waals surface area (Å²) in [5.74, 6) is 0. The van der Waals surface area contributed by atoms with Crippen molar-refractivity contribution in [2.45, 2.75) is 26.4 Å². The summed E-state index contributed by atoms with van der Waals surface area (Å²) in [4.78, 5) is 0. The molecule has 4 heteroatoms. The van der Waals surface area contributed by atoms with Gasteiger partial charge in [-0.05, 0) is 13.3 Å². The van der Waals surface area contributed by atoms with Gasteiger partial charge in [0.05, 0.1) is 6.10 Å². The molecule has 0 saturated carbocycles. The van der Waals surface area contributed by atoms with Crippen LogP contribution in [-0.2, 0) is 37.4 Å². The molecular weight excluding hydrogens is 251 g/mol. The maximum Gasteiger partial charge on any atom is 0.0540 e. The molecule has 0 fully saturated rings. The summed E-state index contributed by atoms with van der Waals surface area (Å²) in [7, 11) is 4.15. The molecule has 0 aliphatic heterocycles. The van der Waals surface area contributed by atoms with E-state index in [2.05, 4.69) is 23.1 Å². The van der Waals surface area contributed by atoms with Gasteiger partial charge in [-0.2, -0.15) is 9.90 Å². The van der Waals surface area contributed by atoms with E-state index in [0.717, 1.165) is 6.42 Å². The van der Waals surface area contributed by atoms with Gasteiger partial charge in [-0.15, -0.1) is 9.24 Å². The maximum absolute atomic E-state index is 4.90. The van der Waals surface area contributed by atoms with Crippen LogP contribution in [0.4, 0.5) is 0 Å². The van der Waals surface area contributed by atoms with Gasteiger partial charge in [-0.3, -0.25) is 0 Å². The molecule has 3 unspecified atom stereocenters.